The van der Waals surface area contributed by atoms with E-state index in [0.29, 0.717) is 0 Å². The number of β-amino-alcohol motifs (C(OH)–C–C–N with tert-alkyl or cyclic N) is 1. The van der Waals surface area contributed by atoms with E-state index in [4.69, 9.17) is 4.84 Å². The van der Waals surface area contributed by atoms with Gasteiger partial charge in [-0.3, -0.25) is 4.84 Å². The van der Waals surface area contributed by atoms with Crippen molar-refractivity contribution < 1.29 is 14.7 Å². The Labute approximate surface area is 89.3 Å². The summed E-state index contributed by atoms with van der Waals surface area (Å²) in [5, 5.41) is 13.4. The second-order valence-electron chi connectivity index (χ2n) is 4.30. The number of nitrogens with zero attached hydrogens (tertiary/aromatic N) is 1. The molecule has 1 aliphatic carbocycles. The summed E-state index contributed by atoms with van der Waals surface area (Å²) >= 11 is 0. The van der Waals surface area contributed by atoms with Crippen molar-refractivity contribution in [1.29, 1.82) is 0 Å². The number of hydrogen-bond donors (Lipinski definition) is 2. The van der Waals surface area contributed by atoms with Crippen molar-refractivity contribution >= 4 is 6.03 Å². The minimum Gasteiger partial charge on any atom is -0.389 e. The van der Waals surface area contributed by atoms with Crippen LogP contribution in [0.15, 0.2) is 0 Å². The molecule has 0 aromatic heterocycles. The molecule has 86 valence electrons. The summed E-state index contributed by atoms with van der Waals surface area (Å²) in [4.78, 5) is 16.7. The van der Waals surface area contributed by atoms with Crippen LogP contribution in [0.25, 0.3) is 0 Å². The first-order valence-corrected chi connectivity index (χ1v) is 5.65. The first-order valence-electron chi connectivity index (χ1n) is 5.65. The lowest BCUT2D eigenvalue weighted by atomic mass is 9.96. The Kier molecular flexibility index (Phi) is 3.43. The Bertz CT molecular complexity index is 229. The third-order valence-electron chi connectivity index (χ3n) is 2.96. The van der Waals surface area contributed by atoms with Crippen LogP contribution in [0.2, 0.25) is 0 Å². The number of carbonyl (C=O) groups is 1. The number of amides is 2. The van der Waals surface area contributed by atoms with Crippen LogP contribution in [-0.4, -0.2) is 41.5 Å². The minimum atomic E-state index is -0.540. The predicted octanol–water partition coefficient (Wildman–Crippen LogP) is 0.637. The Balaban J connectivity index is 1.76. The number of carbonyl (C=O) groups excluding carboxylic acids is 1. The van der Waals surface area contributed by atoms with Gasteiger partial charge < -0.3 is 10.4 Å². The number of hydrogen-bond acceptors (Lipinski definition) is 3. The lowest BCUT2D eigenvalue weighted by molar-refractivity contribution is -0.0688. The maximum atomic E-state index is 11.6. The third kappa shape index (κ3) is 2.82. The van der Waals surface area contributed by atoms with Crippen LogP contribution in [-0.2, 0) is 4.84 Å². The normalized spacial score (nSPS) is 28.1. The summed E-state index contributed by atoms with van der Waals surface area (Å²) in [5.74, 6) is 0. The monoisotopic (exact) mass is 214 g/mol. The Hall–Kier alpha value is -0.810. The van der Waals surface area contributed by atoms with Gasteiger partial charge in [-0.2, -0.15) is 0 Å². The fourth-order valence-electron chi connectivity index (χ4n) is 2.11. The first-order chi connectivity index (χ1) is 7.25. The van der Waals surface area contributed by atoms with Crippen LogP contribution in [0, 0.1) is 0 Å². The number of aliphatic hydroxyl groups excluding tert-OH is 1. The highest BCUT2D eigenvalue weighted by Gasteiger charge is 2.27. The van der Waals surface area contributed by atoms with E-state index in [2.05, 4.69) is 5.32 Å². The highest BCUT2D eigenvalue weighted by molar-refractivity contribution is 5.73. The molecule has 0 radical (unpaired) electrons. The van der Waals surface area contributed by atoms with Gasteiger partial charge in [-0.15, -0.1) is 0 Å². The third-order valence-corrected chi connectivity index (χ3v) is 2.96. The highest BCUT2D eigenvalue weighted by atomic mass is 16.7. The van der Waals surface area contributed by atoms with Crippen molar-refractivity contribution in [2.24, 2.45) is 0 Å². The molecule has 2 amide bonds. The fraction of sp³-hybridized carbons (Fsp3) is 0.900. The van der Waals surface area contributed by atoms with Crippen molar-refractivity contribution in [1.82, 2.24) is 10.4 Å². The van der Waals surface area contributed by atoms with E-state index in [9.17, 15) is 9.90 Å². The molecule has 2 N–H and O–H groups in total. The van der Waals surface area contributed by atoms with E-state index in [1.165, 1.54) is 24.3 Å². The van der Waals surface area contributed by atoms with Crippen molar-refractivity contribution in [3.8, 4) is 0 Å². The SMILES string of the molecule is O=C(NC1CCCCC1)N1C[C@H](O)CO1. The van der Waals surface area contributed by atoms with Crippen LogP contribution in [0.1, 0.15) is 32.1 Å². The van der Waals surface area contributed by atoms with Gasteiger partial charge in [0.15, 0.2) is 0 Å². The van der Waals surface area contributed by atoms with Crippen LogP contribution >= 0.6 is 0 Å². The quantitative estimate of drug-likeness (QED) is 0.673. The van der Waals surface area contributed by atoms with E-state index in [-0.39, 0.29) is 25.2 Å². The molecule has 2 rings (SSSR count). The molecule has 2 fully saturated rings. The molecule has 15 heavy (non-hydrogen) atoms. The topological polar surface area (TPSA) is 61.8 Å². The maximum Gasteiger partial charge on any atom is 0.341 e. The fourth-order valence-corrected chi connectivity index (χ4v) is 2.11. The molecule has 1 saturated heterocycles. The zero-order valence-corrected chi connectivity index (χ0v) is 8.82. The van der Waals surface area contributed by atoms with Crippen LogP contribution < -0.4 is 5.32 Å². The van der Waals surface area contributed by atoms with Gasteiger partial charge in [-0.25, -0.2) is 9.86 Å². The Morgan fingerprint density at radius 1 is 1.33 bits per heavy atom. The largest absolute Gasteiger partial charge is 0.389 e. The molecule has 2 aliphatic rings. The number of rotatable bonds is 1. The van der Waals surface area contributed by atoms with Crippen molar-refractivity contribution in [3.05, 3.63) is 0 Å². The number of nitrogens with one attached hydrogen (secondary N) is 1. The predicted molar refractivity (Wildman–Crippen MR) is 54.1 cm³/mol. The molecule has 0 aromatic rings. The molecule has 1 saturated carbocycles. The molecule has 1 heterocycles. The second kappa shape index (κ2) is 4.81. The van der Waals surface area contributed by atoms with E-state index < -0.39 is 6.10 Å². The van der Waals surface area contributed by atoms with Gasteiger partial charge >= 0.3 is 6.03 Å². The maximum absolute atomic E-state index is 11.6. The number of hydroxylamine groups is 2. The summed E-state index contributed by atoms with van der Waals surface area (Å²) in [6, 6.07) is 0.0750. The molecule has 1 aliphatic heterocycles. The van der Waals surface area contributed by atoms with Gasteiger partial charge in [-0.05, 0) is 12.8 Å². The van der Waals surface area contributed by atoms with E-state index in [1.807, 2.05) is 0 Å². The van der Waals surface area contributed by atoms with E-state index in [0.717, 1.165) is 12.8 Å². The van der Waals surface area contributed by atoms with Gasteiger partial charge in [0, 0.05) is 6.04 Å². The zero-order valence-electron chi connectivity index (χ0n) is 8.82. The lowest BCUT2D eigenvalue weighted by Gasteiger charge is -2.25. The Morgan fingerprint density at radius 2 is 2.07 bits per heavy atom. The molecule has 0 bridgehead atoms. The molecule has 0 unspecified atom stereocenters. The minimum absolute atomic E-state index is 0.210. The first kappa shape index (κ1) is 10.7. The molecule has 1 atom stereocenters. The van der Waals surface area contributed by atoms with Crippen molar-refractivity contribution in [2.75, 3.05) is 13.2 Å². The standard InChI is InChI=1S/C10H18N2O3/c13-9-6-12(15-7-9)10(14)11-8-4-2-1-3-5-8/h8-9,13H,1-7H2,(H,11,14)/t9-/m0/s1. The molecular formula is C10H18N2O3. The van der Waals surface area contributed by atoms with Gasteiger partial charge in [0.05, 0.1) is 6.54 Å². The van der Waals surface area contributed by atoms with Gasteiger partial charge in [-0.1, -0.05) is 19.3 Å². The lowest BCUT2D eigenvalue weighted by Crippen LogP contribution is -2.44. The average Bonchev–Trinajstić information content (AvgIpc) is 2.66. The summed E-state index contributed by atoms with van der Waals surface area (Å²) in [6.07, 6.45) is 5.22. The second-order valence-corrected chi connectivity index (χ2v) is 4.30. The van der Waals surface area contributed by atoms with Crippen LogP contribution in [0.4, 0.5) is 4.79 Å². The van der Waals surface area contributed by atoms with Gasteiger partial charge in [0.25, 0.3) is 0 Å². The molecule has 5 nitrogen and oxygen atoms in total. The van der Waals surface area contributed by atoms with Crippen molar-refractivity contribution in [2.45, 2.75) is 44.2 Å². The van der Waals surface area contributed by atoms with E-state index >= 15 is 0 Å². The highest BCUT2D eigenvalue weighted by Crippen LogP contribution is 2.18. The molecule has 0 spiro atoms. The number of urea groups is 1. The Morgan fingerprint density at radius 3 is 2.67 bits per heavy atom. The summed E-state index contributed by atoms with van der Waals surface area (Å²) < 4.78 is 0. The summed E-state index contributed by atoms with van der Waals surface area (Å²) in [5.41, 5.74) is 0. The van der Waals surface area contributed by atoms with Crippen molar-refractivity contribution in [3.63, 3.8) is 0 Å². The van der Waals surface area contributed by atoms with Crippen LogP contribution in [0.5, 0.6) is 0 Å². The smallest absolute Gasteiger partial charge is 0.341 e. The zero-order chi connectivity index (χ0) is 10.7. The van der Waals surface area contributed by atoms with Gasteiger partial charge in [0.2, 0.25) is 0 Å². The summed E-state index contributed by atoms with van der Waals surface area (Å²) in [6.45, 7) is 0.497. The molecule has 5 heteroatoms. The van der Waals surface area contributed by atoms with Crippen LogP contribution in [0.3, 0.4) is 0 Å². The molecule has 0 aromatic carbocycles. The average molecular weight is 214 g/mol. The van der Waals surface area contributed by atoms with E-state index in [1.54, 1.807) is 0 Å². The molecular weight excluding hydrogens is 196 g/mol. The summed E-state index contributed by atoms with van der Waals surface area (Å²) in [7, 11) is 0. The van der Waals surface area contributed by atoms with Gasteiger partial charge in [0.1, 0.15) is 12.7 Å². The number of aliphatic hydroxyl groups is 1.